The Bertz CT molecular complexity index is 516. The molecule has 10 heteroatoms. The lowest BCUT2D eigenvalue weighted by Gasteiger charge is -2.17. The zero-order valence-electron chi connectivity index (χ0n) is 10.9. The van der Waals surface area contributed by atoms with Gasteiger partial charge < -0.3 is 0 Å². The van der Waals surface area contributed by atoms with Gasteiger partial charge in [-0.1, -0.05) is 30.3 Å². The molecule has 3 nitrogen and oxygen atoms in total. The van der Waals surface area contributed by atoms with Crippen molar-refractivity contribution in [1.29, 1.82) is 0 Å². The number of alkyl halides is 6. The predicted octanol–water partition coefficient (Wildman–Crippen LogP) is 5.01. The zero-order valence-corrected chi connectivity index (χ0v) is 11.8. The number of hydrogen-bond donors (Lipinski definition) is 0. The van der Waals surface area contributed by atoms with E-state index in [0.717, 1.165) is 6.08 Å². The lowest BCUT2D eigenvalue weighted by atomic mass is 10.2. The second-order valence-electron chi connectivity index (χ2n) is 4.04. The summed E-state index contributed by atoms with van der Waals surface area (Å²) >= 11 is 0. The van der Waals surface area contributed by atoms with Crippen molar-refractivity contribution in [2.24, 2.45) is 0 Å². The molecule has 0 N–H and O–H groups in total. The van der Waals surface area contributed by atoms with Gasteiger partial charge in [0.15, 0.2) is 13.2 Å². The molecule has 0 radical (unpaired) electrons. The fraction of sp³-hybridized carbons (Fsp3) is 0.333. The summed E-state index contributed by atoms with van der Waals surface area (Å²) in [6, 6.07) is 7.83. The minimum atomic E-state index is -4.85. The maximum Gasteiger partial charge on any atom is 0.412 e. The van der Waals surface area contributed by atoms with Crippen molar-refractivity contribution in [2.75, 3.05) is 13.2 Å². The number of halogens is 6. The molecule has 0 aliphatic heterocycles. The molecule has 1 aromatic rings. The van der Waals surface area contributed by atoms with Crippen LogP contribution in [0.4, 0.5) is 26.3 Å². The highest BCUT2D eigenvalue weighted by Gasteiger charge is 2.37. The smallest absolute Gasteiger partial charge is 0.296 e. The van der Waals surface area contributed by atoms with Gasteiger partial charge in [0.05, 0.1) is 0 Å². The van der Waals surface area contributed by atoms with Gasteiger partial charge in [-0.05, 0) is 11.6 Å². The van der Waals surface area contributed by atoms with Crippen molar-refractivity contribution >= 4 is 13.7 Å². The third-order valence-electron chi connectivity index (χ3n) is 2.07. The molecular weight excluding hydrogens is 337 g/mol. The Labute approximate surface area is 122 Å². The Morgan fingerprint density at radius 1 is 0.909 bits per heavy atom. The van der Waals surface area contributed by atoms with Crippen LogP contribution in [0, 0.1) is 0 Å². The molecule has 1 aromatic carbocycles. The molecule has 0 aliphatic rings. The highest BCUT2D eigenvalue weighted by molar-refractivity contribution is 7.57. The quantitative estimate of drug-likeness (QED) is 0.536. The maximum atomic E-state index is 12.1. The first kappa shape index (κ1) is 18.7. The maximum absolute atomic E-state index is 12.1. The van der Waals surface area contributed by atoms with Gasteiger partial charge >= 0.3 is 19.9 Å². The van der Waals surface area contributed by atoms with Gasteiger partial charge in [-0.15, -0.1) is 0 Å². The van der Waals surface area contributed by atoms with Crippen LogP contribution in [0.25, 0.3) is 6.08 Å². The predicted molar refractivity (Wildman–Crippen MR) is 67.1 cm³/mol. The molecule has 22 heavy (non-hydrogen) atoms. The van der Waals surface area contributed by atoms with Crippen molar-refractivity contribution in [3.8, 4) is 0 Å². The van der Waals surface area contributed by atoms with Crippen LogP contribution in [-0.2, 0) is 13.6 Å². The summed E-state index contributed by atoms with van der Waals surface area (Å²) in [6.45, 7) is -3.97. The average Bonchev–Trinajstić information content (AvgIpc) is 2.41. The van der Waals surface area contributed by atoms with Crippen LogP contribution in [0.3, 0.4) is 0 Å². The van der Waals surface area contributed by atoms with Crippen molar-refractivity contribution in [1.82, 2.24) is 0 Å². The average molecular weight is 348 g/mol. The lowest BCUT2D eigenvalue weighted by Crippen LogP contribution is -2.19. The Hall–Kier alpha value is -1.31. The normalized spacial score (nSPS) is 13.7. The molecule has 0 bridgehead atoms. The van der Waals surface area contributed by atoms with E-state index in [1.54, 1.807) is 18.2 Å². The first-order valence-corrected chi connectivity index (χ1v) is 7.37. The monoisotopic (exact) mass is 348 g/mol. The molecule has 0 saturated carbocycles. The first-order valence-electron chi connectivity index (χ1n) is 5.76. The summed E-state index contributed by atoms with van der Waals surface area (Å²) < 4.78 is 92.5. The van der Waals surface area contributed by atoms with E-state index in [9.17, 15) is 30.9 Å². The molecule has 124 valence electrons. The van der Waals surface area contributed by atoms with Crippen LogP contribution in [-0.4, -0.2) is 25.6 Å². The molecule has 0 fully saturated rings. The number of benzene rings is 1. The SMILES string of the molecule is O=P(/C=C\c1ccccc1)(OCC(F)(F)F)OCC(F)(F)F. The Balaban J connectivity index is 2.85. The van der Waals surface area contributed by atoms with Crippen LogP contribution in [0.5, 0.6) is 0 Å². The molecule has 0 spiro atoms. The van der Waals surface area contributed by atoms with E-state index in [-0.39, 0.29) is 0 Å². The molecule has 1 rings (SSSR count). The van der Waals surface area contributed by atoms with Gasteiger partial charge in [-0.25, -0.2) is 0 Å². The summed E-state index contributed by atoms with van der Waals surface area (Å²) in [4.78, 5) is 0. The highest BCUT2D eigenvalue weighted by Crippen LogP contribution is 2.52. The zero-order chi connectivity index (χ0) is 16.9. The second kappa shape index (κ2) is 7.30. The largest absolute Gasteiger partial charge is 0.412 e. The van der Waals surface area contributed by atoms with E-state index in [1.807, 2.05) is 0 Å². The van der Waals surface area contributed by atoms with Crippen molar-refractivity contribution < 1.29 is 40.0 Å². The molecular formula is C12H11F6O3P. The summed E-state index contributed by atoms with van der Waals surface area (Å²) in [7, 11) is -4.70. The van der Waals surface area contributed by atoms with Gasteiger partial charge in [0.2, 0.25) is 0 Å². The van der Waals surface area contributed by atoms with Crippen LogP contribution in [0.15, 0.2) is 36.1 Å². The van der Waals surface area contributed by atoms with E-state index in [2.05, 4.69) is 9.05 Å². The molecule has 0 aliphatic carbocycles. The minimum Gasteiger partial charge on any atom is -0.296 e. The van der Waals surface area contributed by atoms with Gasteiger partial charge in [0.25, 0.3) is 0 Å². The molecule has 0 saturated heterocycles. The minimum absolute atomic E-state index is 0.411. The summed E-state index contributed by atoms with van der Waals surface area (Å²) in [6.07, 6.45) is -8.64. The van der Waals surface area contributed by atoms with Gasteiger partial charge in [-0.2, -0.15) is 26.3 Å². The Morgan fingerprint density at radius 2 is 1.36 bits per heavy atom. The highest BCUT2D eigenvalue weighted by atomic mass is 31.2. The van der Waals surface area contributed by atoms with Crippen molar-refractivity contribution in [2.45, 2.75) is 12.4 Å². The van der Waals surface area contributed by atoms with E-state index in [1.165, 1.54) is 12.1 Å². The standard InChI is InChI=1S/C12H11F6O3P/c13-11(14,15)8-20-22(19,21-9-12(16,17)18)7-6-10-4-2-1-3-5-10/h1-7H,8-9H2/b7-6-. The molecule has 0 heterocycles. The van der Waals surface area contributed by atoms with E-state index in [0.29, 0.717) is 11.4 Å². The topological polar surface area (TPSA) is 35.5 Å². The van der Waals surface area contributed by atoms with E-state index < -0.39 is 33.2 Å². The van der Waals surface area contributed by atoms with Crippen molar-refractivity contribution in [3.63, 3.8) is 0 Å². The first-order chi connectivity index (χ1) is 9.99. The van der Waals surface area contributed by atoms with Gasteiger partial charge in [0.1, 0.15) is 0 Å². The number of rotatable bonds is 6. The third-order valence-corrected chi connectivity index (χ3v) is 3.56. The Kier molecular flexibility index (Phi) is 6.22. The fourth-order valence-electron chi connectivity index (χ4n) is 1.19. The summed E-state index contributed by atoms with van der Waals surface area (Å²) in [5.41, 5.74) is 0.411. The van der Waals surface area contributed by atoms with Gasteiger partial charge in [0, 0.05) is 5.82 Å². The van der Waals surface area contributed by atoms with E-state index in [4.69, 9.17) is 0 Å². The van der Waals surface area contributed by atoms with Gasteiger partial charge in [-0.3, -0.25) is 13.6 Å². The summed E-state index contributed by atoms with van der Waals surface area (Å²) in [5.74, 6) is 0.569. The lowest BCUT2D eigenvalue weighted by molar-refractivity contribution is -0.164. The fourth-order valence-corrected chi connectivity index (χ4v) is 2.45. The van der Waals surface area contributed by atoms with E-state index >= 15 is 0 Å². The Morgan fingerprint density at radius 3 is 1.77 bits per heavy atom. The van der Waals surface area contributed by atoms with Crippen LogP contribution < -0.4 is 0 Å². The van der Waals surface area contributed by atoms with Crippen LogP contribution >= 0.6 is 7.60 Å². The van der Waals surface area contributed by atoms with Crippen LogP contribution in [0.2, 0.25) is 0 Å². The number of hydrogen-bond acceptors (Lipinski definition) is 3. The molecule has 0 unspecified atom stereocenters. The van der Waals surface area contributed by atoms with Crippen molar-refractivity contribution in [3.05, 3.63) is 41.7 Å². The third kappa shape index (κ3) is 8.21. The molecule has 0 atom stereocenters. The van der Waals surface area contributed by atoms with Crippen LogP contribution in [0.1, 0.15) is 5.56 Å². The molecule has 0 aromatic heterocycles. The summed E-state index contributed by atoms with van der Waals surface area (Å²) in [5, 5.41) is 0. The second-order valence-corrected chi connectivity index (χ2v) is 5.94. The molecule has 0 amide bonds.